The van der Waals surface area contributed by atoms with E-state index in [-0.39, 0.29) is 6.03 Å². The molecule has 2 aliphatic rings. The van der Waals surface area contributed by atoms with Crippen LogP contribution in [0.2, 0.25) is 0 Å². The Kier molecular flexibility index (Phi) is 3.49. The van der Waals surface area contributed by atoms with Crippen LogP contribution in [0.5, 0.6) is 0 Å². The Hall–Kier alpha value is -0.730. The number of hydrogen-bond donors (Lipinski definition) is 2. The molecular weight excluding hydrogens is 188 g/mol. The molecule has 2 saturated carbocycles. The lowest BCUT2D eigenvalue weighted by molar-refractivity contribution is 0.228. The molecule has 0 aromatic carbocycles. The molecule has 3 heteroatoms. The minimum Gasteiger partial charge on any atom is -0.338 e. The van der Waals surface area contributed by atoms with Gasteiger partial charge in [0.2, 0.25) is 0 Å². The molecule has 2 N–H and O–H groups in total. The lowest BCUT2D eigenvalue weighted by Crippen LogP contribution is -2.44. The number of carbonyl (C=O) groups excluding carboxylic acids is 1. The highest BCUT2D eigenvalue weighted by Crippen LogP contribution is 2.27. The molecule has 0 spiro atoms. The Morgan fingerprint density at radius 3 is 2.40 bits per heavy atom. The van der Waals surface area contributed by atoms with Crippen LogP contribution in [0.4, 0.5) is 4.79 Å². The molecule has 86 valence electrons. The van der Waals surface area contributed by atoms with Gasteiger partial charge in [-0.25, -0.2) is 4.79 Å². The van der Waals surface area contributed by atoms with Crippen LogP contribution in [-0.2, 0) is 0 Å². The summed E-state index contributed by atoms with van der Waals surface area (Å²) < 4.78 is 0. The van der Waals surface area contributed by atoms with Gasteiger partial charge in [0.05, 0.1) is 0 Å². The number of nitrogens with one attached hydrogen (secondary N) is 2. The van der Waals surface area contributed by atoms with Crippen molar-refractivity contribution in [1.82, 2.24) is 10.6 Å². The molecule has 2 rings (SSSR count). The van der Waals surface area contributed by atoms with Gasteiger partial charge in [-0.3, -0.25) is 0 Å². The number of rotatable bonds is 3. The van der Waals surface area contributed by atoms with Gasteiger partial charge in [-0.15, -0.1) is 0 Å². The second-order valence-corrected chi connectivity index (χ2v) is 5.25. The van der Waals surface area contributed by atoms with Gasteiger partial charge in [-0.1, -0.05) is 6.92 Å². The molecule has 0 bridgehead atoms. The number of urea groups is 1. The van der Waals surface area contributed by atoms with Crippen LogP contribution in [0.15, 0.2) is 0 Å². The zero-order valence-electron chi connectivity index (χ0n) is 9.59. The average Bonchev–Trinajstić information content (AvgIpc) is 3.02. The fourth-order valence-electron chi connectivity index (χ4n) is 2.20. The van der Waals surface area contributed by atoms with Crippen molar-refractivity contribution >= 4 is 6.03 Å². The second-order valence-electron chi connectivity index (χ2n) is 5.25. The number of carbonyl (C=O) groups is 1. The number of hydrogen-bond acceptors (Lipinski definition) is 1. The molecule has 0 radical (unpaired) electrons. The van der Waals surface area contributed by atoms with Crippen molar-refractivity contribution in [2.75, 3.05) is 6.54 Å². The van der Waals surface area contributed by atoms with Crippen molar-refractivity contribution in [3.05, 3.63) is 0 Å². The minimum atomic E-state index is 0.0430. The molecule has 2 aliphatic carbocycles. The van der Waals surface area contributed by atoms with Crippen molar-refractivity contribution in [2.45, 2.75) is 51.5 Å². The van der Waals surface area contributed by atoms with Crippen LogP contribution < -0.4 is 10.6 Å². The third-order valence-corrected chi connectivity index (χ3v) is 3.60. The Labute approximate surface area is 92.0 Å². The Morgan fingerprint density at radius 1 is 1.13 bits per heavy atom. The molecular formula is C12H22N2O. The van der Waals surface area contributed by atoms with Crippen molar-refractivity contribution in [1.29, 1.82) is 0 Å². The van der Waals surface area contributed by atoms with E-state index in [0.717, 1.165) is 31.2 Å². The van der Waals surface area contributed by atoms with Gasteiger partial charge < -0.3 is 10.6 Å². The Bertz CT molecular complexity index is 218. The zero-order valence-corrected chi connectivity index (χ0v) is 9.59. The lowest BCUT2D eigenvalue weighted by atomic mass is 9.87. The van der Waals surface area contributed by atoms with Crippen LogP contribution in [0.25, 0.3) is 0 Å². The highest BCUT2D eigenvalue weighted by atomic mass is 16.2. The molecule has 0 unspecified atom stereocenters. The summed E-state index contributed by atoms with van der Waals surface area (Å²) in [6.45, 7) is 3.17. The van der Waals surface area contributed by atoms with Crippen LogP contribution in [0.3, 0.4) is 0 Å². The van der Waals surface area contributed by atoms with Crippen molar-refractivity contribution in [2.24, 2.45) is 11.8 Å². The summed E-state index contributed by atoms with van der Waals surface area (Å²) in [5, 5.41) is 6.03. The molecule has 0 saturated heterocycles. The van der Waals surface area contributed by atoms with Crippen LogP contribution in [0, 0.1) is 11.8 Å². The van der Waals surface area contributed by atoms with Crippen LogP contribution >= 0.6 is 0 Å². The van der Waals surface area contributed by atoms with Gasteiger partial charge in [0, 0.05) is 12.6 Å². The molecule has 3 nitrogen and oxygen atoms in total. The van der Waals surface area contributed by atoms with Gasteiger partial charge >= 0.3 is 6.03 Å². The van der Waals surface area contributed by atoms with E-state index >= 15 is 0 Å². The highest BCUT2D eigenvalue weighted by Gasteiger charge is 2.23. The lowest BCUT2D eigenvalue weighted by Gasteiger charge is -2.26. The topological polar surface area (TPSA) is 41.1 Å². The fourth-order valence-corrected chi connectivity index (χ4v) is 2.20. The largest absolute Gasteiger partial charge is 0.338 e. The maximum atomic E-state index is 11.5. The Morgan fingerprint density at radius 2 is 1.80 bits per heavy atom. The summed E-state index contributed by atoms with van der Waals surface area (Å²) in [4.78, 5) is 11.5. The molecule has 2 amide bonds. The highest BCUT2D eigenvalue weighted by molar-refractivity contribution is 5.74. The maximum absolute atomic E-state index is 11.5. The van der Waals surface area contributed by atoms with E-state index in [1.165, 1.54) is 25.7 Å². The third kappa shape index (κ3) is 3.73. The van der Waals surface area contributed by atoms with E-state index in [4.69, 9.17) is 0 Å². The minimum absolute atomic E-state index is 0.0430. The van der Waals surface area contributed by atoms with Gasteiger partial charge in [0.1, 0.15) is 0 Å². The summed E-state index contributed by atoms with van der Waals surface area (Å²) in [6, 6.07) is 0.460. The SMILES string of the molecule is CC1CCC(NC(=O)NCC2CC2)CC1. The first-order valence-corrected chi connectivity index (χ1v) is 6.28. The molecule has 0 heterocycles. The van der Waals surface area contributed by atoms with E-state index in [0.29, 0.717) is 6.04 Å². The van der Waals surface area contributed by atoms with Crippen LogP contribution in [-0.4, -0.2) is 18.6 Å². The Balaban J connectivity index is 1.60. The maximum Gasteiger partial charge on any atom is 0.315 e. The van der Waals surface area contributed by atoms with Crippen molar-refractivity contribution < 1.29 is 4.79 Å². The van der Waals surface area contributed by atoms with E-state index in [1.807, 2.05) is 0 Å². The third-order valence-electron chi connectivity index (χ3n) is 3.60. The quantitative estimate of drug-likeness (QED) is 0.737. The van der Waals surface area contributed by atoms with Crippen molar-refractivity contribution in [3.8, 4) is 0 Å². The van der Waals surface area contributed by atoms with E-state index < -0.39 is 0 Å². The molecule has 0 atom stereocenters. The summed E-state index contributed by atoms with van der Waals surface area (Å²) >= 11 is 0. The first-order valence-electron chi connectivity index (χ1n) is 6.28. The standard InChI is InChI=1S/C12H22N2O/c1-9-2-6-11(7-3-9)14-12(15)13-8-10-4-5-10/h9-11H,2-8H2,1H3,(H2,13,14,15). The predicted octanol–water partition coefficient (Wildman–Crippen LogP) is 2.27. The summed E-state index contributed by atoms with van der Waals surface area (Å²) in [5.41, 5.74) is 0. The predicted molar refractivity (Wildman–Crippen MR) is 60.7 cm³/mol. The van der Waals surface area contributed by atoms with Gasteiger partial charge in [0.15, 0.2) is 0 Å². The molecule has 0 aromatic rings. The molecule has 15 heavy (non-hydrogen) atoms. The van der Waals surface area contributed by atoms with E-state index in [2.05, 4.69) is 17.6 Å². The monoisotopic (exact) mass is 210 g/mol. The van der Waals surface area contributed by atoms with Gasteiger partial charge in [0.25, 0.3) is 0 Å². The summed E-state index contributed by atoms with van der Waals surface area (Å²) in [5.74, 6) is 1.61. The zero-order chi connectivity index (χ0) is 10.7. The molecule has 2 fully saturated rings. The first kappa shape index (κ1) is 10.8. The van der Waals surface area contributed by atoms with Gasteiger partial charge in [-0.05, 0) is 50.4 Å². The van der Waals surface area contributed by atoms with Gasteiger partial charge in [-0.2, -0.15) is 0 Å². The van der Waals surface area contributed by atoms with Crippen molar-refractivity contribution in [3.63, 3.8) is 0 Å². The first-order chi connectivity index (χ1) is 7.24. The number of amides is 2. The smallest absolute Gasteiger partial charge is 0.315 e. The second kappa shape index (κ2) is 4.86. The van der Waals surface area contributed by atoms with E-state index in [9.17, 15) is 4.79 Å². The molecule has 0 aromatic heterocycles. The summed E-state index contributed by atoms with van der Waals surface area (Å²) in [7, 11) is 0. The normalized spacial score (nSPS) is 31.0. The van der Waals surface area contributed by atoms with E-state index in [1.54, 1.807) is 0 Å². The average molecular weight is 210 g/mol. The fraction of sp³-hybridized carbons (Fsp3) is 0.917. The summed E-state index contributed by atoms with van der Waals surface area (Å²) in [6.07, 6.45) is 7.40. The molecule has 0 aliphatic heterocycles. The van der Waals surface area contributed by atoms with Crippen LogP contribution in [0.1, 0.15) is 45.4 Å².